The van der Waals surface area contributed by atoms with Gasteiger partial charge >= 0.3 is 0 Å². The number of carbonyl (C=O) groups is 1. The summed E-state index contributed by atoms with van der Waals surface area (Å²) in [6.45, 7) is 0. The van der Waals surface area contributed by atoms with Crippen LogP contribution in [0.4, 0.5) is 5.69 Å². The molecule has 4 heteroatoms. The van der Waals surface area contributed by atoms with E-state index in [1.165, 1.54) is 10.5 Å². The van der Waals surface area contributed by atoms with Crippen LogP contribution in [-0.2, 0) is 10.3 Å². The van der Waals surface area contributed by atoms with Crippen LogP contribution in [0.2, 0.25) is 0 Å². The van der Waals surface area contributed by atoms with Crippen molar-refractivity contribution in [1.82, 2.24) is 0 Å². The van der Waals surface area contributed by atoms with Gasteiger partial charge in [-0.15, -0.1) is 11.8 Å². The third-order valence-corrected chi connectivity index (χ3v) is 4.44. The van der Waals surface area contributed by atoms with E-state index >= 15 is 0 Å². The molecule has 1 amide bonds. The minimum absolute atomic E-state index is 0.0877. The summed E-state index contributed by atoms with van der Waals surface area (Å²) in [7, 11) is 1.83. The Labute approximate surface area is 99.0 Å². The second kappa shape index (κ2) is 3.25. The van der Waals surface area contributed by atoms with E-state index in [1.54, 1.807) is 16.7 Å². The minimum atomic E-state index is -0.0877. The number of thioether (sulfide) groups is 1. The highest BCUT2D eigenvalue weighted by Gasteiger charge is 2.40. The highest BCUT2D eigenvalue weighted by atomic mass is 32.2. The van der Waals surface area contributed by atoms with Crippen LogP contribution >= 0.6 is 11.8 Å². The van der Waals surface area contributed by atoms with E-state index in [1.807, 2.05) is 13.1 Å². The topological polar surface area (TPSA) is 46.3 Å². The van der Waals surface area contributed by atoms with E-state index in [0.717, 1.165) is 18.5 Å². The zero-order valence-corrected chi connectivity index (χ0v) is 10.0. The van der Waals surface area contributed by atoms with Gasteiger partial charge < -0.3 is 10.6 Å². The fourth-order valence-corrected chi connectivity index (χ4v) is 3.05. The molecule has 0 radical (unpaired) electrons. The molecule has 3 rings (SSSR count). The lowest BCUT2D eigenvalue weighted by molar-refractivity contribution is -0.116. The number of benzene rings is 1. The first-order valence-corrected chi connectivity index (χ1v) is 6.41. The predicted molar refractivity (Wildman–Crippen MR) is 65.7 cm³/mol. The second-order valence-corrected chi connectivity index (χ2v) is 5.60. The van der Waals surface area contributed by atoms with Gasteiger partial charge in [0.15, 0.2) is 0 Å². The van der Waals surface area contributed by atoms with Crippen LogP contribution in [0.3, 0.4) is 0 Å². The van der Waals surface area contributed by atoms with E-state index in [2.05, 4.69) is 12.1 Å². The molecule has 16 heavy (non-hydrogen) atoms. The number of carbonyl (C=O) groups excluding carboxylic acids is 1. The lowest BCUT2D eigenvalue weighted by Crippen LogP contribution is -2.31. The molecule has 1 saturated carbocycles. The molecule has 1 heterocycles. The first-order chi connectivity index (χ1) is 7.60. The Bertz CT molecular complexity index is 468. The standard InChI is InChI=1S/C12H14N2OS/c1-14-9-3-2-8(12(13)4-5-12)6-10(9)16-7-11(14)15/h2-3,6H,4-5,7,13H2,1H3. The second-order valence-electron chi connectivity index (χ2n) is 4.58. The summed E-state index contributed by atoms with van der Waals surface area (Å²) >= 11 is 1.61. The Hall–Kier alpha value is -1.00. The summed E-state index contributed by atoms with van der Waals surface area (Å²) in [6.07, 6.45) is 2.15. The molecule has 0 aromatic heterocycles. The Balaban J connectivity index is 2.03. The van der Waals surface area contributed by atoms with Crippen molar-refractivity contribution in [2.75, 3.05) is 17.7 Å². The van der Waals surface area contributed by atoms with Crippen molar-refractivity contribution >= 4 is 23.4 Å². The van der Waals surface area contributed by atoms with Crippen molar-refractivity contribution in [3.63, 3.8) is 0 Å². The number of fused-ring (bicyclic) bond motifs is 1. The molecule has 1 aliphatic heterocycles. The van der Waals surface area contributed by atoms with Crippen molar-refractivity contribution in [1.29, 1.82) is 0 Å². The molecular weight excluding hydrogens is 220 g/mol. The monoisotopic (exact) mass is 234 g/mol. The van der Waals surface area contributed by atoms with Crippen LogP contribution in [0.25, 0.3) is 0 Å². The van der Waals surface area contributed by atoms with E-state index in [4.69, 9.17) is 5.73 Å². The molecule has 3 nitrogen and oxygen atoms in total. The molecule has 0 unspecified atom stereocenters. The first-order valence-electron chi connectivity index (χ1n) is 5.43. The fourth-order valence-electron chi connectivity index (χ4n) is 2.01. The number of nitrogens with zero attached hydrogens (tertiary/aromatic N) is 1. The molecule has 1 aromatic carbocycles. The van der Waals surface area contributed by atoms with Crippen molar-refractivity contribution in [3.05, 3.63) is 23.8 Å². The Morgan fingerprint density at radius 2 is 2.19 bits per heavy atom. The number of anilines is 1. The normalized spacial score (nSPS) is 21.9. The van der Waals surface area contributed by atoms with E-state index in [0.29, 0.717) is 5.75 Å². The Kier molecular flexibility index (Phi) is 2.06. The molecule has 1 aliphatic carbocycles. The maximum atomic E-state index is 11.5. The van der Waals surface area contributed by atoms with E-state index in [-0.39, 0.29) is 11.4 Å². The summed E-state index contributed by atoms with van der Waals surface area (Å²) in [5, 5.41) is 0. The molecule has 1 aromatic rings. The van der Waals surface area contributed by atoms with Crippen molar-refractivity contribution in [2.45, 2.75) is 23.3 Å². The molecule has 84 valence electrons. The van der Waals surface area contributed by atoms with Crippen LogP contribution in [0.15, 0.2) is 23.1 Å². The van der Waals surface area contributed by atoms with Gasteiger partial charge in [-0.3, -0.25) is 4.79 Å². The van der Waals surface area contributed by atoms with Crippen molar-refractivity contribution < 1.29 is 4.79 Å². The van der Waals surface area contributed by atoms with Crippen LogP contribution in [-0.4, -0.2) is 18.7 Å². The van der Waals surface area contributed by atoms with Gasteiger partial charge in [0.25, 0.3) is 0 Å². The quantitative estimate of drug-likeness (QED) is 0.804. The molecular formula is C12H14N2OS. The third-order valence-electron chi connectivity index (χ3n) is 3.41. The van der Waals surface area contributed by atoms with Crippen LogP contribution in [0.1, 0.15) is 18.4 Å². The highest BCUT2D eigenvalue weighted by molar-refractivity contribution is 8.00. The van der Waals surface area contributed by atoms with Crippen molar-refractivity contribution in [2.24, 2.45) is 5.73 Å². The lowest BCUT2D eigenvalue weighted by atomic mass is 10.1. The molecule has 0 bridgehead atoms. The summed E-state index contributed by atoms with van der Waals surface area (Å²) in [6, 6.07) is 6.22. The zero-order valence-electron chi connectivity index (χ0n) is 9.19. The van der Waals surface area contributed by atoms with Gasteiger partial charge in [-0.05, 0) is 30.5 Å². The van der Waals surface area contributed by atoms with Crippen LogP contribution in [0.5, 0.6) is 0 Å². The summed E-state index contributed by atoms with van der Waals surface area (Å²) in [5.41, 5.74) is 8.30. The summed E-state index contributed by atoms with van der Waals surface area (Å²) < 4.78 is 0. The van der Waals surface area contributed by atoms with Gasteiger partial charge in [-0.25, -0.2) is 0 Å². The first kappa shape index (κ1) is 10.2. The van der Waals surface area contributed by atoms with Gasteiger partial charge in [0, 0.05) is 17.5 Å². The van der Waals surface area contributed by atoms with Crippen LogP contribution in [0, 0.1) is 0 Å². The number of hydrogen-bond acceptors (Lipinski definition) is 3. The third kappa shape index (κ3) is 1.44. The van der Waals surface area contributed by atoms with Crippen LogP contribution < -0.4 is 10.6 Å². The average molecular weight is 234 g/mol. The molecule has 2 aliphatic rings. The van der Waals surface area contributed by atoms with Crippen molar-refractivity contribution in [3.8, 4) is 0 Å². The van der Waals surface area contributed by atoms with Gasteiger partial charge in [0.1, 0.15) is 0 Å². The summed E-state index contributed by atoms with van der Waals surface area (Å²) in [4.78, 5) is 14.4. The largest absolute Gasteiger partial charge is 0.321 e. The summed E-state index contributed by atoms with van der Waals surface area (Å²) in [5.74, 6) is 0.698. The average Bonchev–Trinajstić information content (AvgIpc) is 3.03. The molecule has 2 N–H and O–H groups in total. The highest BCUT2D eigenvalue weighted by Crippen LogP contribution is 2.45. The van der Waals surface area contributed by atoms with Gasteiger partial charge in [0.05, 0.1) is 11.4 Å². The zero-order chi connectivity index (χ0) is 11.3. The lowest BCUT2D eigenvalue weighted by Gasteiger charge is -2.26. The maximum absolute atomic E-state index is 11.5. The molecule has 0 atom stereocenters. The number of nitrogens with two attached hydrogens (primary N) is 1. The van der Waals surface area contributed by atoms with E-state index in [9.17, 15) is 4.79 Å². The van der Waals surface area contributed by atoms with Gasteiger partial charge in [-0.1, -0.05) is 6.07 Å². The minimum Gasteiger partial charge on any atom is -0.321 e. The predicted octanol–water partition coefficient (Wildman–Crippen LogP) is 1.70. The number of amides is 1. The Morgan fingerprint density at radius 3 is 2.88 bits per heavy atom. The number of rotatable bonds is 1. The molecule has 1 fully saturated rings. The smallest absolute Gasteiger partial charge is 0.237 e. The molecule has 0 spiro atoms. The molecule has 0 saturated heterocycles. The van der Waals surface area contributed by atoms with E-state index < -0.39 is 0 Å². The maximum Gasteiger partial charge on any atom is 0.237 e. The SMILES string of the molecule is CN1C(=O)CSc2cc(C3(N)CC3)ccc21. The Morgan fingerprint density at radius 1 is 1.44 bits per heavy atom. The number of hydrogen-bond donors (Lipinski definition) is 1. The van der Waals surface area contributed by atoms with Gasteiger partial charge in [0.2, 0.25) is 5.91 Å². The fraction of sp³-hybridized carbons (Fsp3) is 0.417. The van der Waals surface area contributed by atoms with Gasteiger partial charge in [-0.2, -0.15) is 0 Å².